The van der Waals surface area contributed by atoms with Crippen molar-refractivity contribution >= 4 is 21.6 Å². The number of rotatable bonds is 3. The van der Waals surface area contributed by atoms with E-state index < -0.39 is 29.2 Å². The first-order valence-corrected chi connectivity index (χ1v) is 6.35. The summed E-state index contributed by atoms with van der Waals surface area (Å²) in [4.78, 5) is 3.60. The van der Waals surface area contributed by atoms with Gasteiger partial charge in [0.25, 0.3) is 11.9 Å². The van der Waals surface area contributed by atoms with E-state index in [1.54, 1.807) is 24.3 Å². The zero-order valence-corrected chi connectivity index (χ0v) is 11.9. The number of pyridine rings is 1. The van der Waals surface area contributed by atoms with Gasteiger partial charge in [-0.05, 0) is 17.7 Å². The minimum atomic E-state index is -1.67. The van der Waals surface area contributed by atoms with E-state index in [-0.39, 0.29) is 6.54 Å². The predicted octanol–water partition coefficient (Wildman–Crippen LogP) is 4.04. The van der Waals surface area contributed by atoms with Gasteiger partial charge in [0.2, 0.25) is 11.6 Å². The summed E-state index contributed by atoms with van der Waals surface area (Å²) in [6, 6.07) is 7.00. The summed E-state index contributed by atoms with van der Waals surface area (Å²) in [7, 11) is 1.33. The van der Waals surface area contributed by atoms with Gasteiger partial charge in [0.1, 0.15) is 5.69 Å². The standard InChI is InChI=1S/C13H9BrF4N2/c1-20(6-7-3-2-4-8(14)5-7)11-9(15)12(17)19-13(18)10(11)16/h2-5H,6H2,1H3. The second-order valence-corrected chi connectivity index (χ2v) is 5.07. The SMILES string of the molecule is CN(Cc1cccc(Br)c1)c1c(F)c(F)nc(F)c1F. The van der Waals surface area contributed by atoms with E-state index in [1.165, 1.54) is 7.05 Å². The normalized spacial score (nSPS) is 10.7. The van der Waals surface area contributed by atoms with Crippen LogP contribution in [0.2, 0.25) is 0 Å². The summed E-state index contributed by atoms with van der Waals surface area (Å²) in [6.07, 6.45) is 0. The maximum atomic E-state index is 13.6. The van der Waals surface area contributed by atoms with E-state index in [1.807, 2.05) is 0 Å². The summed E-state index contributed by atoms with van der Waals surface area (Å²) in [6.45, 7) is 0.0795. The van der Waals surface area contributed by atoms with Crippen LogP contribution in [0.15, 0.2) is 28.7 Å². The Balaban J connectivity index is 2.37. The van der Waals surface area contributed by atoms with Gasteiger partial charge in [0.15, 0.2) is 0 Å². The molecule has 0 spiro atoms. The minimum Gasteiger partial charge on any atom is -0.365 e. The second-order valence-electron chi connectivity index (χ2n) is 4.16. The Kier molecular flexibility index (Phi) is 4.27. The Labute approximate surface area is 121 Å². The highest BCUT2D eigenvalue weighted by atomic mass is 79.9. The summed E-state index contributed by atoms with van der Waals surface area (Å²) in [5, 5.41) is 0. The average Bonchev–Trinajstić information content (AvgIpc) is 2.36. The molecule has 1 aromatic heterocycles. The Morgan fingerprint density at radius 3 is 2.25 bits per heavy atom. The van der Waals surface area contributed by atoms with Gasteiger partial charge < -0.3 is 4.90 Å². The molecule has 0 amide bonds. The molecule has 0 radical (unpaired) electrons. The Morgan fingerprint density at radius 1 is 1.10 bits per heavy atom. The molecule has 106 valence electrons. The monoisotopic (exact) mass is 348 g/mol. The molecule has 0 aliphatic heterocycles. The Hall–Kier alpha value is -1.63. The van der Waals surface area contributed by atoms with Gasteiger partial charge in [-0.2, -0.15) is 22.5 Å². The lowest BCUT2D eigenvalue weighted by Gasteiger charge is -2.20. The maximum Gasteiger partial charge on any atom is 0.253 e. The molecule has 7 heteroatoms. The summed E-state index contributed by atoms with van der Waals surface area (Å²) in [5.41, 5.74) is -0.0618. The molecule has 0 atom stereocenters. The molecule has 1 heterocycles. The predicted molar refractivity (Wildman–Crippen MR) is 70.3 cm³/mol. The van der Waals surface area contributed by atoms with Crippen molar-refractivity contribution in [2.75, 3.05) is 11.9 Å². The van der Waals surface area contributed by atoms with Crippen LogP contribution in [0.5, 0.6) is 0 Å². The molecule has 0 bridgehead atoms. The molecular weight excluding hydrogens is 340 g/mol. The lowest BCUT2D eigenvalue weighted by molar-refractivity contribution is 0.407. The van der Waals surface area contributed by atoms with Crippen LogP contribution in [0.3, 0.4) is 0 Å². The van der Waals surface area contributed by atoms with Gasteiger partial charge in [0, 0.05) is 18.1 Å². The molecule has 0 saturated carbocycles. The highest BCUT2D eigenvalue weighted by Crippen LogP contribution is 2.26. The zero-order chi connectivity index (χ0) is 14.9. The van der Waals surface area contributed by atoms with Gasteiger partial charge in [-0.3, -0.25) is 0 Å². The van der Waals surface area contributed by atoms with E-state index in [0.717, 1.165) is 14.9 Å². The number of anilines is 1. The van der Waals surface area contributed by atoms with E-state index in [2.05, 4.69) is 20.9 Å². The van der Waals surface area contributed by atoms with E-state index >= 15 is 0 Å². The van der Waals surface area contributed by atoms with Crippen LogP contribution >= 0.6 is 15.9 Å². The first-order valence-electron chi connectivity index (χ1n) is 5.55. The topological polar surface area (TPSA) is 16.1 Å². The van der Waals surface area contributed by atoms with Crippen LogP contribution in [0.1, 0.15) is 5.56 Å². The van der Waals surface area contributed by atoms with Crippen LogP contribution in [0.25, 0.3) is 0 Å². The van der Waals surface area contributed by atoms with Gasteiger partial charge in [-0.25, -0.2) is 0 Å². The fourth-order valence-corrected chi connectivity index (χ4v) is 2.25. The first-order chi connectivity index (χ1) is 9.40. The van der Waals surface area contributed by atoms with Gasteiger partial charge in [-0.1, -0.05) is 28.1 Å². The number of nitrogens with zero attached hydrogens (tertiary/aromatic N) is 2. The molecule has 1 aromatic carbocycles. The van der Waals surface area contributed by atoms with Gasteiger partial charge >= 0.3 is 0 Å². The Bertz CT molecular complexity index is 622. The molecular formula is C13H9BrF4N2. The summed E-state index contributed by atoms with van der Waals surface area (Å²) < 4.78 is 54.1. The van der Waals surface area contributed by atoms with Crippen molar-refractivity contribution in [1.82, 2.24) is 4.98 Å². The number of hydrogen-bond acceptors (Lipinski definition) is 2. The molecule has 0 aliphatic rings. The third-order valence-electron chi connectivity index (χ3n) is 2.66. The fourth-order valence-electron chi connectivity index (χ4n) is 1.80. The number of aromatic nitrogens is 1. The number of benzene rings is 1. The highest BCUT2D eigenvalue weighted by molar-refractivity contribution is 9.10. The largest absolute Gasteiger partial charge is 0.365 e. The van der Waals surface area contributed by atoms with Crippen LogP contribution in [-0.2, 0) is 6.54 Å². The maximum absolute atomic E-state index is 13.6. The average molecular weight is 349 g/mol. The smallest absolute Gasteiger partial charge is 0.253 e. The quantitative estimate of drug-likeness (QED) is 0.614. The summed E-state index contributed by atoms with van der Waals surface area (Å²) >= 11 is 3.26. The fraction of sp³-hybridized carbons (Fsp3) is 0.154. The minimum absolute atomic E-state index is 0.0795. The number of hydrogen-bond donors (Lipinski definition) is 0. The molecule has 2 rings (SSSR count). The molecule has 20 heavy (non-hydrogen) atoms. The van der Waals surface area contributed by atoms with Crippen LogP contribution in [0, 0.1) is 23.5 Å². The van der Waals surface area contributed by atoms with Crippen molar-refractivity contribution in [3.63, 3.8) is 0 Å². The van der Waals surface area contributed by atoms with E-state index in [0.29, 0.717) is 0 Å². The van der Waals surface area contributed by atoms with Gasteiger partial charge in [-0.15, -0.1) is 0 Å². The van der Waals surface area contributed by atoms with Crippen molar-refractivity contribution in [2.45, 2.75) is 6.54 Å². The highest BCUT2D eigenvalue weighted by Gasteiger charge is 2.23. The first kappa shape index (κ1) is 14.8. The Morgan fingerprint density at radius 2 is 1.70 bits per heavy atom. The van der Waals surface area contributed by atoms with Crippen molar-refractivity contribution in [1.29, 1.82) is 0 Å². The van der Waals surface area contributed by atoms with Gasteiger partial charge in [0.05, 0.1) is 0 Å². The lowest BCUT2D eigenvalue weighted by atomic mass is 10.2. The molecule has 0 aliphatic carbocycles. The van der Waals surface area contributed by atoms with Crippen molar-refractivity contribution in [3.05, 3.63) is 57.8 Å². The molecule has 0 fully saturated rings. The molecule has 2 aromatic rings. The van der Waals surface area contributed by atoms with Crippen molar-refractivity contribution in [2.24, 2.45) is 0 Å². The third-order valence-corrected chi connectivity index (χ3v) is 3.16. The second kappa shape index (κ2) is 5.78. The summed E-state index contributed by atoms with van der Waals surface area (Å²) in [5.74, 6) is -6.36. The van der Waals surface area contributed by atoms with Crippen LogP contribution in [-0.4, -0.2) is 12.0 Å². The van der Waals surface area contributed by atoms with Crippen molar-refractivity contribution < 1.29 is 17.6 Å². The third kappa shape index (κ3) is 2.92. The molecule has 0 unspecified atom stereocenters. The van der Waals surface area contributed by atoms with E-state index in [4.69, 9.17) is 0 Å². The van der Waals surface area contributed by atoms with Crippen LogP contribution < -0.4 is 4.90 Å². The van der Waals surface area contributed by atoms with E-state index in [9.17, 15) is 17.6 Å². The number of halogens is 5. The molecule has 2 nitrogen and oxygen atoms in total. The molecule has 0 saturated heterocycles. The zero-order valence-electron chi connectivity index (χ0n) is 10.3. The lowest BCUT2D eigenvalue weighted by Crippen LogP contribution is -2.21. The van der Waals surface area contributed by atoms with Crippen LogP contribution in [0.4, 0.5) is 23.2 Å². The van der Waals surface area contributed by atoms with Crippen molar-refractivity contribution in [3.8, 4) is 0 Å². The molecule has 0 N–H and O–H groups in total.